The van der Waals surface area contributed by atoms with E-state index in [0.29, 0.717) is 18.7 Å². The summed E-state index contributed by atoms with van der Waals surface area (Å²) in [5, 5.41) is 6.91. The highest BCUT2D eigenvalue weighted by molar-refractivity contribution is 5.94. The second kappa shape index (κ2) is 5.87. The van der Waals surface area contributed by atoms with E-state index in [-0.39, 0.29) is 17.9 Å². The first-order valence-electron chi connectivity index (χ1n) is 7.75. The first-order valence-corrected chi connectivity index (χ1v) is 7.75. The zero-order valence-electron chi connectivity index (χ0n) is 12.4. The summed E-state index contributed by atoms with van der Waals surface area (Å²) in [4.78, 5) is 26.0. The second-order valence-electron chi connectivity index (χ2n) is 5.86. The van der Waals surface area contributed by atoms with Crippen molar-refractivity contribution < 1.29 is 14.1 Å². The molecule has 0 aromatic carbocycles. The Bertz CT molecular complexity index is 552. The Balaban J connectivity index is 1.65. The van der Waals surface area contributed by atoms with Gasteiger partial charge >= 0.3 is 0 Å². The average molecular weight is 291 g/mol. The molecular weight excluding hydrogens is 270 g/mol. The molecule has 21 heavy (non-hydrogen) atoms. The molecule has 2 amide bonds. The Morgan fingerprint density at radius 3 is 3.05 bits per heavy atom. The Kier molecular flexibility index (Phi) is 3.94. The third kappa shape index (κ3) is 2.80. The number of aromatic nitrogens is 1. The van der Waals surface area contributed by atoms with Gasteiger partial charge in [0.05, 0.1) is 11.7 Å². The molecule has 1 saturated heterocycles. The predicted octanol–water partition coefficient (Wildman–Crippen LogP) is 1.29. The Morgan fingerprint density at radius 1 is 1.43 bits per heavy atom. The molecule has 2 aliphatic rings. The highest BCUT2D eigenvalue weighted by atomic mass is 16.5. The Morgan fingerprint density at radius 2 is 2.24 bits per heavy atom. The van der Waals surface area contributed by atoms with Crippen LogP contribution in [0.2, 0.25) is 0 Å². The van der Waals surface area contributed by atoms with E-state index in [1.165, 1.54) is 0 Å². The van der Waals surface area contributed by atoms with Crippen molar-refractivity contribution in [3.8, 4) is 0 Å². The summed E-state index contributed by atoms with van der Waals surface area (Å²) in [6.07, 6.45) is 5.22. The van der Waals surface area contributed by atoms with E-state index in [0.717, 1.165) is 49.9 Å². The zero-order chi connectivity index (χ0) is 14.8. The molecule has 1 atom stereocenters. The summed E-state index contributed by atoms with van der Waals surface area (Å²) < 4.78 is 5.23. The fraction of sp³-hybridized carbons (Fsp3) is 0.667. The number of fused-ring (bicyclic) bond motifs is 1. The van der Waals surface area contributed by atoms with Crippen molar-refractivity contribution >= 4 is 11.8 Å². The molecule has 1 aliphatic carbocycles. The minimum absolute atomic E-state index is 0.113. The van der Waals surface area contributed by atoms with Gasteiger partial charge in [-0.1, -0.05) is 12.1 Å². The number of amides is 2. The van der Waals surface area contributed by atoms with Crippen molar-refractivity contribution in [3.63, 3.8) is 0 Å². The molecule has 0 radical (unpaired) electrons. The summed E-state index contributed by atoms with van der Waals surface area (Å²) in [6.45, 7) is 3.39. The lowest BCUT2D eigenvalue weighted by Gasteiger charge is -2.16. The monoisotopic (exact) mass is 291 g/mol. The Labute approximate surface area is 123 Å². The number of likely N-dealkylation sites (tertiary alicyclic amines) is 1. The van der Waals surface area contributed by atoms with Crippen LogP contribution >= 0.6 is 0 Å². The summed E-state index contributed by atoms with van der Waals surface area (Å²) in [7, 11) is 0. The molecule has 1 fully saturated rings. The highest BCUT2D eigenvalue weighted by Gasteiger charge is 2.32. The molecular formula is C15H21N3O3. The molecule has 0 spiro atoms. The smallest absolute Gasteiger partial charge is 0.290 e. The SMILES string of the molecule is CCCN1C[C@H](NC(=O)c2onc3c2CCCC3)CC1=O. The van der Waals surface area contributed by atoms with Crippen molar-refractivity contribution in [2.24, 2.45) is 0 Å². The largest absolute Gasteiger partial charge is 0.350 e. The first kappa shape index (κ1) is 14.1. The van der Waals surface area contributed by atoms with Crippen LogP contribution in [-0.2, 0) is 17.6 Å². The van der Waals surface area contributed by atoms with Crippen LogP contribution in [0, 0.1) is 0 Å². The quantitative estimate of drug-likeness (QED) is 0.907. The van der Waals surface area contributed by atoms with Crippen molar-refractivity contribution in [1.29, 1.82) is 0 Å². The van der Waals surface area contributed by atoms with E-state index in [9.17, 15) is 9.59 Å². The molecule has 2 heterocycles. The summed E-state index contributed by atoms with van der Waals surface area (Å²) in [6, 6.07) is -0.124. The minimum atomic E-state index is -0.234. The standard InChI is InChI=1S/C15H21N3O3/c1-2-7-18-9-10(8-13(18)19)16-15(20)14-11-5-3-4-6-12(11)17-21-14/h10H,2-9H2,1H3,(H,16,20)/t10-/m1/s1. The normalized spacial score (nSPS) is 21.5. The lowest BCUT2D eigenvalue weighted by Crippen LogP contribution is -2.37. The lowest BCUT2D eigenvalue weighted by atomic mass is 9.96. The number of carbonyl (C=O) groups is 2. The fourth-order valence-electron chi connectivity index (χ4n) is 3.17. The first-order chi connectivity index (χ1) is 10.2. The fourth-order valence-corrected chi connectivity index (χ4v) is 3.17. The van der Waals surface area contributed by atoms with Crippen LogP contribution < -0.4 is 5.32 Å². The van der Waals surface area contributed by atoms with Crippen LogP contribution in [0.15, 0.2) is 4.52 Å². The van der Waals surface area contributed by atoms with Gasteiger partial charge in [0.2, 0.25) is 11.7 Å². The molecule has 0 unspecified atom stereocenters. The number of nitrogens with one attached hydrogen (secondary N) is 1. The molecule has 0 saturated carbocycles. The predicted molar refractivity (Wildman–Crippen MR) is 75.9 cm³/mol. The average Bonchev–Trinajstić information content (AvgIpc) is 3.03. The van der Waals surface area contributed by atoms with Gasteiger partial charge in [0, 0.05) is 25.1 Å². The molecule has 1 aromatic rings. The molecule has 1 N–H and O–H groups in total. The molecule has 6 heteroatoms. The molecule has 1 aromatic heterocycles. The van der Waals surface area contributed by atoms with Gasteiger partial charge < -0.3 is 14.7 Å². The summed E-state index contributed by atoms with van der Waals surface area (Å²) in [5.41, 5.74) is 1.87. The van der Waals surface area contributed by atoms with Gasteiger partial charge in [-0.3, -0.25) is 9.59 Å². The van der Waals surface area contributed by atoms with Gasteiger partial charge in [-0.25, -0.2) is 0 Å². The highest BCUT2D eigenvalue weighted by Crippen LogP contribution is 2.24. The van der Waals surface area contributed by atoms with Gasteiger partial charge in [-0.2, -0.15) is 0 Å². The van der Waals surface area contributed by atoms with E-state index in [1.54, 1.807) is 4.90 Å². The van der Waals surface area contributed by atoms with Crippen LogP contribution in [0.1, 0.15) is 54.4 Å². The minimum Gasteiger partial charge on any atom is -0.350 e. The maximum absolute atomic E-state index is 12.3. The third-order valence-corrected chi connectivity index (χ3v) is 4.21. The van der Waals surface area contributed by atoms with E-state index >= 15 is 0 Å². The molecule has 1 aliphatic heterocycles. The van der Waals surface area contributed by atoms with E-state index in [1.807, 2.05) is 6.92 Å². The van der Waals surface area contributed by atoms with Crippen LogP contribution in [0.25, 0.3) is 0 Å². The van der Waals surface area contributed by atoms with Crippen LogP contribution in [0.4, 0.5) is 0 Å². The molecule has 0 bridgehead atoms. The van der Waals surface area contributed by atoms with Gasteiger partial charge in [0.25, 0.3) is 5.91 Å². The molecule has 3 rings (SSSR count). The zero-order valence-corrected chi connectivity index (χ0v) is 12.4. The van der Waals surface area contributed by atoms with Crippen LogP contribution in [0.3, 0.4) is 0 Å². The van der Waals surface area contributed by atoms with Crippen LogP contribution in [-0.4, -0.2) is 41.0 Å². The number of nitrogens with zero attached hydrogens (tertiary/aromatic N) is 2. The van der Waals surface area contributed by atoms with Gasteiger partial charge in [-0.15, -0.1) is 0 Å². The molecule has 114 valence electrons. The van der Waals surface area contributed by atoms with Crippen LogP contribution in [0.5, 0.6) is 0 Å². The second-order valence-corrected chi connectivity index (χ2v) is 5.86. The van der Waals surface area contributed by atoms with Gasteiger partial charge in [-0.05, 0) is 32.1 Å². The Hall–Kier alpha value is -1.85. The number of rotatable bonds is 4. The maximum atomic E-state index is 12.3. The van der Waals surface area contributed by atoms with Crippen molar-refractivity contribution in [3.05, 3.63) is 17.0 Å². The summed E-state index contributed by atoms with van der Waals surface area (Å²) in [5.74, 6) is 0.217. The number of hydrogen-bond acceptors (Lipinski definition) is 4. The number of hydrogen-bond donors (Lipinski definition) is 1. The molecule has 6 nitrogen and oxygen atoms in total. The van der Waals surface area contributed by atoms with E-state index in [4.69, 9.17) is 4.52 Å². The summed E-state index contributed by atoms with van der Waals surface area (Å²) >= 11 is 0. The van der Waals surface area contributed by atoms with Gasteiger partial charge in [0.1, 0.15) is 0 Å². The lowest BCUT2D eigenvalue weighted by molar-refractivity contribution is -0.127. The van der Waals surface area contributed by atoms with Crippen molar-refractivity contribution in [1.82, 2.24) is 15.4 Å². The number of aryl methyl sites for hydroxylation is 1. The maximum Gasteiger partial charge on any atom is 0.290 e. The topological polar surface area (TPSA) is 75.4 Å². The van der Waals surface area contributed by atoms with E-state index in [2.05, 4.69) is 10.5 Å². The number of carbonyl (C=O) groups excluding carboxylic acids is 2. The van der Waals surface area contributed by atoms with Gasteiger partial charge in [0.15, 0.2) is 0 Å². The van der Waals surface area contributed by atoms with E-state index < -0.39 is 0 Å². The van der Waals surface area contributed by atoms with Crippen molar-refractivity contribution in [2.45, 2.75) is 51.5 Å². The third-order valence-electron chi connectivity index (χ3n) is 4.21. The van der Waals surface area contributed by atoms with Crippen molar-refractivity contribution in [2.75, 3.05) is 13.1 Å².